The normalized spacial score (nSPS) is 12.0. The third kappa shape index (κ3) is 12.8. The highest BCUT2D eigenvalue weighted by atomic mass is 16.6. The predicted octanol–water partition coefficient (Wildman–Crippen LogP) is 1.98. The van der Waals surface area contributed by atoms with Crippen molar-refractivity contribution in [1.82, 2.24) is 0 Å². The van der Waals surface area contributed by atoms with E-state index in [1.165, 1.54) is 32.1 Å². The van der Waals surface area contributed by atoms with Gasteiger partial charge in [-0.1, -0.05) is 51.2 Å². The van der Waals surface area contributed by atoms with Crippen molar-refractivity contribution in [3.63, 3.8) is 0 Å². The molecule has 0 saturated heterocycles. The summed E-state index contributed by atoms with van der Waals surface area (Å²) in [5.74, 6) is -7.78. The second-order valence-corrected chi connectivity index (χ2v) is 6.76. The van der Waals surface area contributed by atoms with Gasteiger partial charge in [-0.3, -0.25) is 14.4 Å². The number of carbonyl (C=O) groups excluding carboxylic acids is 5. The number of aliphatic hydroxyl groups is 2. The second kappa shape index (κ2) is 16.7. The molecule has 1 atom stereocenters. The van der Waals surface area contributed by atoms with Gasteiger partial charge in [0.15, 0.2) is 6.10 Å². The summed E-state index contributed by atoms with van der Waals surface area (Å²) >= 11 is 0. The molecule has 29 heavy (non-hydrogen) atoms. The maximum absolute atomic E-state index is 11.7. The molecule has 0 aliphatic heterocycles. The minimum Gasteiger partial charge on any atom is -0.393 e. The Balaban J connectivity index is 3.94. The Labute approximate surface area is 171 Å². The lowest BCUT2D eigenvalue weighted by Crippen LogP contribution is -2.36. The first-order chi connectivity index (χ1) is 13.8. The largest absolute Gasteiger partial charge is 0.393 e. The molecule has 0 amide bonds. The number of allylic oxidation sites excluding steroid dienone is 2. The van der Waals surface area contributed by atoms with Crippen molar-refractivity contribution in [2.24, 2.45) is 0 Å². The smallest absolute Gasteiger partial charge is 0.391 e. The molecule has 0 saturated carbocycles. The van der Waals surface area contributed by atoms with Crippen molar-refractivity contribution in [3.8, 4) is 0 Å². The lowest BCUT2D eigenvalue weighted by molar-refractivity contribution is -0.171. The number of carbonyl (C=O) groups is 5. The summed E-state index contributed by atoms with van der Waals surface area (Å²) in [5.41, 5.74) is 0. The van der Waals surface area contributed by atoms with E-state index in [4.69, 9.17) is 10.2 Å². The number of ether oxygens (including phenoxy) is 1. The fraction of sp³-hybridized carbons (Fsp3) is 0.667. The van der Waals surface area contributed by atoms with Crippen molar-refractivity contribution in [2.45, 2.75) is 83.7 Å². The van der Waals surface area contributed by atoms with Gasteiger partial charge in [-0.25, -0.2) is 9.59 Å². The number of hydrogen-bond acceptors (Lipinski definition) is 8. The Morgan fingerprint density at radius 3 is 1.97 bits per heavy atom. The molecule has 0 radical (unpaired) electrons. The Kier molecular flexibility index (Phi) is 15.5. The average Bonchev–Trinajstić information content (AvgIpc) is 2.72. The molecule has 0 aliphatic carbocycles. The molecule has 0 heterocycles. The second-order valence-electron chi connectivity index (χ2n) is 6.76. The maximum Gasteiger partial charge on any atom is 0.391 e. The van der Waals surface area contributed by atoms with Gasteiger partial charge in [0.05, 0.1) is 6.61 Å². The van der Waals surface area contributed by atoms with E-state index in [0.717, 1.165) is 19.3 Å². The molecule has 0 aliphatic rings. The summed E-state index contributed by atoms with van der Waals surface area (Å²) in [4.78, 5) is 57.2. The molecule has 0 fully saturated rings. The van der Waals surface area contributed by atoms with Crippen LogP contribution in [0.2, 0.25) is 0 Å². The van der Waals surface area contributed by atoms with Crippen LogP contribution in [0.5, 0.6) is 0 Å². The van der Waals surface area contributed by atoms with Crippen LogP contribution in [0.4, 0.5) is 0 Å². The van der Waals surface area contributed by atoms with Crippen molar-refractivity contribution < 1.29 is 38.9 Å². The van der Waals surface area contributed by atoms with E-state index in [9.17, 15) is 24.0 Å². The van der Waals surface area contributed by atoms with E-state index in [-0.39, 0.29) is 6.42 Å². The standard InChI is InChI=1S/C21H32O8/c1-2-3-4-5-6-7-8-9-10-11-12-13-14-16(23)18(25)19(26)21(28)29-20(27)17(24)15-22/h9-10,17,22,24H,2-8,11-15H2,1H3/b10-9-. The van der Waals surface area contributed by atoms with Crippen LogP contribution in [-0.2, 0) is 28.7 Å². The van der Waals surface area contributed by atoms with Crippen LogP contribution in [0, 0.1) is 0 Å². The van der Waals surface area contributed by atoms with Crippen molar-refractivity contribution in [1.29, 1.82) is 0 Å². The van der Waals surface area contributed by atoms with Gasteiger partial charge in [0.1, 0.15) is 0 Å². The summed E-state index contributed by atoms with van der Waals surface area (Å²) in [7, 11) is 0. The van der Waals surface area contributed by atoms with Gasteiger partial charge in [0.2, 0.25) is 5.78 Å². The highest BCUT2D eigenvalue weighted by Gasteiger charge is 2.32. The van der Waals surface area contributed by atoms with Crippen LogP contribution in [-0.4, -0.2) is 52.2 Å². The monoisotopic (exact) mass is 412 g/mol. The molecular formula is C21H32O8. The summed E-state index contributed by atoms with van der Waals surface area (Å²) in [5, 5.41) is 17.5. The van der Waals surface area contributed by atoms with Gasteiger partial charge in [0.25, 0.3) is 5.78 Å². The molecule has 0 aromatic rings. The highest BCUT2D eigenvalue weighted by Crippen LogP contribution is 2.08. The molecule has 0 rings (SSSR count). The lowest BCUT2D eigenvalue weighted by atomic mass is 10.1. The van der Waals surface area contributed by atoms with Gasteiger partial charge >= 0.3 is 17.7 Å². The topological polar surface area (TPSA) is 135 Å². The van der Waals surface area contributed by atoms with Crippen LogP contribution in [0.25, 0.3) is 0 Å². The molecule has 8 heteroatoms. The number of hydrogen-bond donors (Lipinski definition) is 2. The van der Waals surface area contributed by atoms with Crippen LogP contribution in [0.3, 0.4) is 0 Å². The Morgan fingerprint density at radius 1 is 0.828 bits per heavy atom. The molecule has 0 aromatic heterocycles. The number of unbranched alkanes of at least 4 members (excludes halogenated alkanes) is 8. The van der Waals surface area contributed by atoms with Crippen molar-refractivity contribution in [2.75, 3.05) is 6.61 Å². The van der Waals surface area contributed by atoms with Gasteiger partial charge in [-0.05, 0) is 32.1 Å². The van der Waals surface area contributed by atoms with Gasteiger partial charge < -0.3 is 14.9 Å². The number of esters is 2. The van der Waals surface area contributed by atoms with E-state index in [0.29, 0.717) is 12.8 Å². The number of aliphatic hydroxyl groups excluding tert-OH is 2. The number of rotatable bonds is 17. The van der Waals surface area contributed by atoms with Crippen LogP contribution < -0.4 is 0 Å². The first-order valence-corrected chi connectivity index (χ1v) is 10.2. The molecule has 164 valence electrons. The predicted molar refractivity (Wildman–Crippen MR) is 105 cm³/mol. The first-order valence-electron chi connectivity index (χ1n) is 10.2. The van der Waals surface area contributed by atoms with Crippen LogP contribution in [0.1, 0.15) is 77.6 Å². The summed E-state index contributed by atoms with van der Waals surface area (Å²) < 4.78 is 3.93. The molecule has 0 bridgehead atoms. The zero-order valence-electron chi connectivity index (χ0n) is 17.1. The molecule has 1 unspecified atom stereocenters. The quantitative estimate of drug-likeness (QED) is 0.122. The fourth-order valence-electron chi connectivity index (χ4n) is 2.44. The molecule has 8 nitrogen and oxygen atoms in total. The molecular weight excluding hydrogens is 380 g/mol. The zero-order chi connectivity index (χ0) is 22.1. The number of Topliss-reactive ketones (excluding diaryl/α,β-unsaturated/α-hetero) is 3. The van der Waals surface area contributed by atoms with E-state index in [1.54, 1.807) is 0 Å². The van der Waals surface area contributed by atoms with Gasteiger partial charge in [-0.15, -0.1) is 0 Å². The Bertz CT molecular complexity index is 579. The van der Waals surface area contributed by atoms with Crippen LogP contribution >= 0.6 is 0 Å². The van der Waals surface area contributed by atoms with E-state index in [1.807, 2.05) is 6.08 Å². The number of ketones is 3. The maximum atomic E-state index is 11.7. The van der Waals surface area contributed by atoms with Gasteiger partial charge in [-0.2, -0.15) is 0 Å². The third-order valence-electron chi connectivity index (χ3n) is 4.20. The van der Waals surface area contributed by atoms with E-state index in [2.05, 4.69) is 17.7 Å². The third-order valence-corrected chi connectivity index (χ3v) is 4.20. The minimum atomic E-state index is -2.01. The van der Waals surface area contributed by atoms with E-state index < -0.39 is 42.0 Å². The molecule has 0 spiro atoms. The Hall–Kier alpha value is -2.19. The zero-order valence-corrected chi connectivity index (χ0v) is 17.1. The lowest BCUT2D eigenvalue weighted by Gasteiger charge is -2.05. The van der Waals surface area contributed by atoms with E-state index >= 15 is 0 Å². The SMILES string of the molecule is CCCCCCCC/C=C\CCCCC(=O)C(=O)C(=O)C(=O)OC(=O)C(O)CO. The summed E-state index contributed by atoms with van der Waals surface area (Å²) in [6.07, 6.45) is 12.2. The summed E-state index contributed by atoms with van der Waals surface area (Å²) in [6.45, 7) is 1.17. The van der Waals surface area contributed by atoms with Crippen molar-refractivity contribution >= 4 is 29.3 Å². The van der Waals surface area contributed by atoms with Crippen LogP contribution in [0.15, 0.2) is 12.2 Å². The molecule has 0 aromatic carbocycles. The Morgan fingerprint density at radius 2 is 1.38 bits per heavy atom. The first kappa shape index (κ1) is 26.8. The summed E-state index contributed by atoms with van der Waals surface area (Å²) in [6, 6.07) is 0. The van der Waals surface area contributed by atoms with Crippen molar-refractivity contribution in [3.05, 3.63) is 12.2 Å². The minimum absolute atomic E-state index is 0.184. The van der Waals surface area contributed by atoms with Gasteiger partial charge in [0, 0.05) is 6.42 Å². The average molecular weight is 412 g/mol. The fourth-order valence-corrected chi connectivity index (χ4v) is 2.44. The highest BCUT2D eigenvalue weighted by molar-refractivity contribution is 6.77. The molecule has 2 N–H and O–H groups in total.